The monoisotopic (exact) mass is 221 g/mol. The van der Waals surface area contributed by atoms with Crippen LogP contribution in [0.2, 0.25) is 5.15 Å². The minimum Gasteiger partial charge on any atom is -0.311 e. The van der Waals surface area contributed by atoms with E-state index in [9.17, 15) is 0 Å². The summed E-state index contributed by atoms with van der Waals surface area (Å²) < 4.78 is 1.96. The first-order valence-corrected chi connectivity index (χ1v) is 5.22. The van der Waals surface area contributed by atoms with Gasteiger partial charge in [-0.1, -0.05) is 17.7 Å². The summed E-state index contributed by atoms with van der Waals surface area (Å²) in [5, 5.41) is 0.644. The molecule has 3 nitrogen and oxygen atoms in total. The molecule has 0 fully saturated rings. The Morgan fingerprint density at radius 3 is 2.67 bits per heavy atom. The van der Waals surface area contributed by atoms with Gasteiger partial charge in [-0.2, -0.15) is 0 Å². The van der Waals surface area contributed by atoms with Gasteiger partial charge < -0.3 is 4.57 Å². The quantitative estimate of drug-likeness (QED) is 0.780. The lowest BCUT2D eigenvalue weighted by Gasteiger charge is -2.12. The van der Waals surface area contributed by atoms with E-state index in [-0.39, 0.29) is 6.04 Å². The summed E-state index contributed by atoms with van der Waals surface area (Å²) in [6, 6.07) is 6.03. The van der Waals surface area contributed by atoms with Gasteiger partial charge in [0.2, 0.25) is 0 Å². The number of halogens is 1. The van der Waals surface area contributed by atoms with Crippen molar-refractivity contribution in [3.63, 3.8) is 0 Å². The minimum absolute atomic E-state index is 0.275. The lowest BCUT2D eigenvalue weighted by molar-refractivity contribution is 0.606. The van der Waals surface area contributed by atoms with E-state index in [0.717, 1.165) is 11.5 Å². The van der Waals surface area contributed by atoms with Gasteiger partial charge in [0.25, 0.3) is 0 Å². The van der Waals surface area contributed by atoms with Crippen LogP contribution < -0.4 is 0 Å². The van der Waals surface area contributed by atoms with Crippen LogP contribution in [0.25, 0.3) is 11.5 Å². The van der Waals surface area contributed by atoms with Crippen molar-refractivity contribution in [2.45, 2.75) is 19.9 Å². The van der Waals surface area contributed by atoms with Gasteiger partial charge in [0.15, 0.2) is 5.82 Å². The van der Waals surface area contributed by atoms with Gasteiger partial charge in [-0.05, 0) is 26.0 Å². The third-order valence-corrected chi connectivity index (χ3v) is 2.44. The first-order chi connectivity index (χ1) is 7.20. The Labute approximate surface area is 93.7 Å². The van der Waals surface area contributed by atoms with E-state index in [2.05, 4.69) is 23.8 Å². The van der Waals surface area contributed by atoms with Gasteiger partial charge >= 0.3 is 0 Å². The Morgan fingerprint density at radius 2 is 2.07 bits per heavy atom. The smallest absolute Gasteiger partial charge is 0.160 e. The normalized spacial score (nSPS) is 10.9. The second-order valence-corrected chi connectivity index (χ2v) is 3.97. The average molecular weight is 222 g/mol. The fourth-order valence-corrected chi connectivity index (χ4v) is 1.84. The molecule has 15 heavy (non-hydrogen) atoms. The Morgan fingerprint density at radius 1 is 1.27 bits per heavy atom. The van der Waals surface area contributed by atoms with Crippen LogP contribution in [0.4, 0.5) is 0 Å². The molecule has 0 bridgehead atoms. The summed E-state index contributed by atoms with van der Waals surface area (Å²) in [5.41, 5.74) is 0.845. The van der Waals surface area contributed by atoms with Crippen molar-refractivity contribution in [3.8, 4) is 11.5 Å². The standard InChI is InChI=1S/C11H12ClN3/c1-8(2)15-10(12)7-14-11(15)9-5-3-4-6-13-9/h3-8H,1-2H3. The molecule has 0 atom stereocenters. The third-order valence-electron chi connectivity index (χ3n) is 2.16. The van der Waals surface area contributed by atoms with E-state index in [1.54, 1.807) is 12.4 Å². The third kappa shape index (κ3) is 1.88. The van der Waals surface area contributed by atoms with Crippen LogP contribution in [-0.2, 0) is 0 Å². The first kappa shape index (κ1) is 10.2. The van der Waals surface area contributed by atoms with Gasteiger partial charge in [0, 0.05) is 12.2 Å². The van der Waals surface area contributed by atoms with E-state index in [1.165, 1.54) is 0 Å². The van der Waals surface area contributed by atoms with Gasteiger partial charge in [-0.3, -0.25) is 4.98 Å². The molecular formula is C11H12ClN3. The number of hydrogen-bond donors (Lipinski definition) is 0. The van der Waals surface area contributed by atoms with Crippen LogP contribution in [0.5, 0.6) is 0 Å². The SMILES string of the molecule is CC(C)n1c(Cl)cnc1-c1ccccn1. The number of hydrogen-bond acceptors (Lipinski definition) is 2. The summed E-state index contributed by atoms with van der Waals surface area (Å²) in [7, 11) is 0. The topological polar surface area (TPSA) is 30.7 Å². The lowest BCUT2D eigenvalue weighted by Crippen LogP contribution is -2.03. The van der Waals surface area contributed by atoms with Crippen molar-refractivity contribution in [1.29, 1.82) is 0 Å². The maximum absolute atomic E-state index is 6.06. The zero-order valence-corrected chi connectivity index (χ0v) is 9.44. The Bertz CT molecular complexity index is 448. The fraction of sp³-hybridized carbons (Fsp3) is 0.273. The van der Waals surface area contributed by atoms with Gasteiger partial charge in [-0.15, -0.1) is 0 Å². The van der Waals surface area contributed by atoms with Crippen LogP contribution in [-0.4, -0.2) is 14.5 Å². The summed E-state index contributed by atoms with van der Waals surface area (Å²) in [6.07, 6.45) is 3.41. The maximum Gasteiger partial charge on any atom is 0.160 e. The molecule has 2 aromatic heterocycles. The van der Waals surface area contributed by atoms with Crippen molar-refractivity contribution in [2.24, 2.45) is 0 Å². The predicted octanol–water partition coefficient (Wildman–Crippen LogP) is 3.18. The highest BCUT2D eigenvalue weighted by molar-refractivity contribution is 6.29. The highest BCUT2D eigenvalue weighted by Gasteiger charge is 2.13. The molecule has 2 heterocycles. The summed E-state index contributed by atoms with van der Waals surface area (Å²) in [5.74, 6) is 0.815. The number of aromatic nitrogens is 3. The molecule has 0 spiro atoms. The van der Waals surface area contributed by atoms with Crippen molar-refractivity contribution < 1.29 is 0 Å². The summed E-state index contributed by atoms with van der Waals surface area (Å²) in [4.78, 5) is 8.54. The molecule has 0 unspecified atom stereocenters. The molecule has 78 valence electrons. The highest BCUT2D eigenvalue weighted by Crippen LogP contribution is 2.24. The van der Waals surface area contributed by atoms with Crippen molar-refractivity contribution in [1.82, 2.24) is 14.5 Å². The molecule has 2 aromatic rings. The molecule has 0 aromatic carbocycles. The van der Waals surface area contributed by atoms with Gasteiger partial charge in [0.05, 0.1) is 6.20 Å². The maximum atomic E-state index is 6.06. The molecule has 0 aliphatic rings. The van der Waals surface area contributed by atoms with Crippen LogP contribution >= 0.6 is 11.6 Å². The molecule has 0 N–H and O–H groups in total. The molecule has 0 saturated carbocycles. The largest absolute Gasteiger partial charge is 0.311 e. The Hall–Kier alpha value is -1.35. The second kappa shape index (κ2) is 4.03. The van der Waals surface area contributed by atoms with E-state index < -0.39 is 0 Å². The average Bonchev–Trinajstić information content (AvgIpc) is 2.61. The van der Waals surface area contributed by atoms with Crippen LogP contribution in [0.3, 0.4) is 0 Å². The minimum atomic E-state index is 0.275. The van der Waals surface area contributed by atoms with Crippen LogP contribution in [0, 0.1) is 0 Å². The molecule has 0 aliphatic heterocycles. The predicted molar refractivity (Wildman–Crippen MR) is 60.9 cm³/mol. The number of nitrogens with zero attached hydrogens (tertiary/aromatic N) is 3. The van der Waals surface area contributed by atoms with Gasteiger partial charge in [0.1, 0.15) is 10.8 Å². The number of rotatable bonds is 2. The van der Waals surface area contributed by atoms with Crippen molar-refractivity contribution >= 4 is 11.6 Å². The summed E-state index contributed by atoms with van der Waals surface area (Å²) in [6.45, 7) is 4.14. The molecular weight excluding hydrogens is 210 g/mol. The van der Waals surface area contributed by atoms with Gasteiger partial charge in [-0.25, -0.2) is 4.98 Å². The number of pyridine rings is 1. The van der Waals surface area contributed by atoms with E-state index in [0.29, 0.717) is 5.15 Å². The highest BCUT2D eigenvalue weighted by atomic mass is 35.5. The zero-order valence-electron chi connectivity index (χ0n) is 8.68. The van der Waals surface area contributed by atoms with E-state index in [1.807, 2.05) is 22.8 Å². The Kier molecular flexibility index (Phi) is 2.73. The van der Waals surface area contributed by atoms with Crippen molar-refractivity contribution in [3.05, 3.63) is 35.7 Å². The molecule has 4 heteroatoms. The molecule has 0 amide bonds. The second-order valence-electron chi connectivity index (χ2n) is 3.58. The van der Waals surface area contributed by atoms with E-state index in [4.69, 9.17) is 11.6 Å². The molecule has 0 saturated heterocycles. The Balaban J connectivity index is 2.54. The van der Waals surface area contributed by atoms with Crippen LogP contribution in [0.15, 0.2) is 30.6 Å². The van der Waals surface area contributed by atoms with E-state index >= 15 is 0 Å². The lowest BCUT2D eigenvalue weighted by atomic mass is 10.3. The first-order valence-electron chi connectivity index (χ1n) is 4.84. The fourth-order valence-electron chi connectivity index (χ4n) is 1.52. The molecule has 2 rings (SSSR count). The zero-order chi connectivity index (χ0) is 10.8. The number of imidazole rings is 1. The molecule has 0 radical (unpaired) electrons. The summed E-state index contributed by atoms with van der Waals surface area (Å²) >= 11 is 6.06. The van der Waals surface area contributed by atoms with Crippen molar-refractivity contribution in [2.75, 3.05) is 0 Å². The molecule has 0 aliphatic carbocycles. The van der Waals surface area contributed by atoms with Crippen LogP contribution in [0.1, 0.15) is 19.9 Å².